The molecular formula is C11H22F2O2. The lowest BCUT2D eigenvalue weighted by Crippen LogP contribution is -2.44. The molecule has 15 heavy (non-hydrogen) atoms. The number of hydrogen-bond acceptors (Lipinski definition) is 2. The molecular weight excluding hydrogens is 202 g/mol. The molecule has 0 saturated carbocycles. The second kappa shape index (κ2) is 5.75. The molecule has 2 N–H and O–H groups in total. The van der Waals surface area contributed by atoms with Gasteiger partial charge in [-0.1, -0.05) is 34.1 Å². The highest BCUT2D eigenvalue weighted by Crippen LogP contribution is 2.38. The van der Waals surface area contributed by atoms with E-state index >= 15 is 0 Å². The molecule has 0 rings (SSSR count). The van der Waals surface area contributed by atoms with E-state index in [1.54, 1.807) is 27.7 Å². The number of aliphatic hydroxyl groups is 2. The number of rotatable bonds is 6. The topological polar surface area (TPSA) is 40.5 Å². The van der Waals surface area contributed by atoms with Crippen molar-refractivity contribution in [1.29, 1.82) is 0 Å². The van der Waals surface area contributed by atoms with Crippen LogP contribution in [-0.4, -0.2) is 28.8 Å². The number of aliphatic hydroxyl groups excluding tert-OH is 2. The first-order chi connectivity index (χ1) is 6.77. The minimum absolute atomic E-state index is 0.282. The van der Waals surface area contributed by atoms with Crippen LogP contribution < -0.4 is 0 Å². The Balaban J connectivity index is 4.81. The lowest BCUT2D eigenvalue weighted by molar-refractivity contribution is -0.113. The average molecular weight is 224 g/mol. The molecule has 0 amide bonds. The third-order valence-corrected chi connectivity index (χ3v) is 3.27. The van der Waals surface area contributed by atoms with Crippen LogP contribution in [-0.2, 0) is 0 Å². The second-order valence-corrected chi connectivity index (χ2v) is 4.67. The number of hydrogen-bond donors (Lipinski definition) is 2. The summed E-state index contributed by atoms with van der Waals surface area (Å²) in [4.78, 5) is 0. The summed E-state index contributed by atoms with van der Waals surface area (Å²) < 4.78 is 25.7. The van der Waals surface area contributed by atoms with E-state index in [0.29, 0.717) is 6.42 Å². The summed E-state index contributed by atoms with van der Waals surface area (Å²) in [7, 11) is 0. The Labute approximate surface area is 90.3 Å². The lowest BCUT2D eigenvalue weighted by atomic mass is 9.72. The SMILES string of the molecule is CCC(O)C(O)C(C(F)F)C(C)(C)CC. The molecule has 0 aromatic carbocycles. The van der Waals surface area contributed by atoms with Gasteiger partial charge in [-0.05, 0) is 11.8 Å². The van der Waals surface area contributed by atoms with Crippen LogP contribution in [0, 0.1) is 11.3 Å². The third-order valence-electron chi connectivity index (χ3n) is 3.27. The van der Waals surface area contributed by atoms with Gasteiger partial charge >= 0.3 is 0 Å². The molecule has 0 aliphatic carbocycles. The van der Waals surface area contributed by atoms with Crippen molar-refractivity contribution in [1.82, 2.24) is 0 Å². The average Bonchev–Trinajstić information content (AvgIpc) is 2.15. The third kappa shape index (κ3) is 3.68. The molecule has 0 aromatic heterocycles. The van der Waals surface area contributed by atoms with E-state index in [1.807, 2.05) is 0 Å². The van der Waals surface area contributed by atoms with Crippen molar-refractivity contribution < 1.29 is 19.0 Å². The van der Waals surface area contributed by atoms with Gasteiger partial charge in [0.15, 0.2) is 0 Å². The van der Waals surface area contributed by atoms with Gasteiger partial charge in [0.05, 0.1) is 18.1 Å². The normalized spacial score (nSPS) is 19.0. The van der Waals surface area contributed by atoms with Crippen LogP contribution in [0.5, 0.6) is 0 Å². The summed E-state index contributed by atoms with van der Waals surface area (Å²) in [6, 6.07) is 0. The maximum absolute atomic E-state index is 12.9. The standard InChI is InChI=1S/C11H22F2O2/c1-5-7(14)9(15)8(10(12)13)11(3,4)6-2/h7-10,14-15H,5-6H2,1-4H3. The molecule has 0 aliphatic rings. The first-order valence-corrected chi connectivity index (χ1v) is 5.42. The summed E-state index contributed by atoms with van der Waals surface area (Å²) in [5.74, 6) is -1.18. The minimum atomic E-state index is -2.61. The van der Waals surface area contributed by atoms with Gasteiger partial charge < -0.3 is 10.2 Å². The van der Waals surface area contributed by atoms with E-state index in [0.717, 1.165) is 0 Å². The van der Waals surface area contributed by atoms with E-state index in [1.165, 1.54) is 0 Å². The highest BCUT2D eigenvalue weighted by Gasteiger charge is 2.42. The Morgan fingerprint density at radius 2 is 1.60 bits per heavy atom. The van der Waals surface area contributed by atoms with E-state index in [9.17, 15) is 19.0 Å². The van der Waals surface area contributed by atoms with Gasteiger partial charge in [0, 0.05) is 0 Å². The van der Waals surface area contributed by atoms with Gasteiger partial charge in [-0.15, -0.1) is 0 Å². The van der Waals surface area contributed by atoms with Gasteiger partial charge in [0.1, 0.15) is 0 Å². The second-order valence-electron chi connectivity index (χ2n) is 4.67. The molecule has 0 heterocycles. The highest BCUT2D eigenvalue weighted by molar-refractivity contribution is 4.87. The zero-order chi connectivity index (χ0) is 12.2. The maximum Gasteiger partial charge on any atom is 0.244 e. The summed E-state index contributed by atoms with van der Waals surface area (Å²) >= 11 is 0. The first-order valence-electron chi connectivity index (χ1n) is 5.42. The summed E-state index contributed by atoms with van der Waals surface area (Å²) in [5.41, 5.74) is -0.677. The van der Waals surface area contributed by atoms with Crippen LogP contribution in [0.1, 0.15) is 40.5 Å². The monoisotopic (exact) mass is 224 g/mol. The van der Waals surface area contributed by atoms with Crippen LogP contribution in [0.4, 0.5) is 8.78 Å². The number of halogens is 2. The Hall–Kier alpha value is -0.220. The van der Waals surface area contributed by atoms with Crippen molar-refractivity contribution in [2.45, 2.75) is 59.2 Å². The summed E-state index contributed by atoms with van der Waals surface area (Å²) in [6.45, 7) is 6.85. The molecule has 2 nitrogen and oxygen atoms in total. The molecule has 4 heteroatoms. The van der Waals surface area contributed by atoms with E-state index in [4.69, 9.17) is 0 Å². The smallest absolute Gasteiger partial charge is 0.244 e. The van der Waals surface area contributed by atoms with Crippen LogP contribution in [0.15, 0.2) is 0 Å². The fourth-order valence-corrected chi connectivity index (χ4v) is 1.67. The molecule has 3 atom stereocenters. The van der Waals surface area contributed by atoms with Crippen molar-refractivity contribution >= 4 is 0 Å². The summed E-state index contributed by atoms with van der Waals surface area (Å²) in [6.07, 6.45) is -4.23. The predicted molar refractivity (Wildman–Crippen MR) is 55.9 cm³/mol. The van der Waals surface area contributed by atoms with Gasteiger partial charge in [-0.3, -0.25) is 0 Å². The van der Waals surface area contributed by atoms with Crippen LogP contribution in [0.25, 0.3) is 0 Å². The highest BCUT2D eigenvalue weighted by atomic mass is 19.3. The van der Waals surface area contributed by atoms with Crippen molar-refractivity contribution in [2.24, 2.45) is 11.3 Å². The van der Waals surface area contributed by atoms with Crippen LogP contribution in [0.3, 0.4) is 0 Å². The Morgan fingerprint density at radius 3 is 1.87 bits per heavy atom. The van der Waals surface area contributed by atoms with E-state index in [-0.39, 0.29) is 6.42 Å². The molecule has 0 aliphatic heterocycles. The zero-order valence-electron chi connectivity index (χ0n) is 9.87. The fourth-order valence-electron chi connectivity index (χ4n) is 1.67. The van der Waals surface area contributed by atoms with Crippen LogP contribution in [0.2, 0.25) is 0 Å². The predicted octanol–water partition coefficient (Wildman–Crippen LogP) is 2.44. The molecule has 0 bridgehead atoms. The van der Waals surface area contributed by atoms with Crippen molar-refractivity contribution in [3.8, 4) is 0 Å². The zero-order valence-corrected chi connectivity index (χ0v) is 9.87. The lowest BCUT2D eigenvalue weighted by Gasteiger charge is -2.37. The van der Waals surface area contributed by atoms with Gasteiger partial charge in [0.2, 0.25) is 6.43 Å². The Morgan fingerprint density at radius 1 is 1.13 bits per heavy atom. The quantitative estimate of drug-likeness (QED) is 0.727. The van der Waals surface area contributed by atoms with Crippen molar-refractivity contribution in [3.05, 3.63) is 0 Å². The van der Waals surface area contributed by atoms with Crippen molar-refractivity contribution in [2.75, 3.05) is 0 Å². The Kier molecular flexibility index (Phi) is 5.67. The molecule has 3 unspecified atom stereocenters. The summed E-state index contributed by atoms with van der Waals surface area (Å²) in [5, 5.41) is 19.1. The van der Waals surface area contributed by atoms with Gasteiger partial charge in [-0.2, -0.15) is 0 Å². The van der Waals surface area contributed by atoms with Crippen LogP contribution >= 0.6 is 0 Å². The minimum Gasteiger partial charge on any atom is -0.390 e. The molecule has 0 aromatic rings. The van der Waals surface area contributed by atoms with Crippen molar-refractivity contribution in [3.63, 3.8) is 0 Å². The molecule has 0 radical (unpaired) electrons. The fraction of sp³-hybridized carbons (Fsp3) is 1.00. The first kappa shape index (κ1) is 14.8. The maximum atomic E-state index is 12.9. The molecule has 0 saturated heterocycles. The van der Waals surface area contributed by atoms with E-state index < -0.39 is 30.0 Å². The van der Waals surface area contributed by atoms with E-state index in [2.05, 4.69) is 0 Å². The molecule has 0 spiro atoms. The number of alkyl halides is 2. The molecule has 0 fully saturated rings. The van der Waals surface area contributed by atoms with Gasteiger partial charge in [-0.25, -0.2) is 8.78 Å². The largest absolute Gasteiger partial charge is 0.390 e. The van der Waals surface area contributed by atoms with Gasteiger partial charge in [0.25, 0.3) is 0 Å². The molecule has 92 valence electrons. The Bertz CT molecular complexity index is 183.